The van der Waals surface area contributed by atoms with Crippen LogP contribution < -0.4 is 15.0 Å². The lowest BCUT2D eigenvalue weighted by atomic mass is 10.1. The Morgan fingerprint density at radius 2 is 1.61 bits per heavy atom. The first-order valence-corrected chi connectivity index (χ1v) is 10.3. The Balaban J connectivity index is 1.54. The van der Waals surface area contributed by atoms with Gasteiger partial charge < -0.3 is 4.74 Å². The van der Waals surface area contributed by atoms with E-state index in [1.54, 1.807) is 54.6 Å². The lowest BCUT2D eigenvalue weighted by molar-refractivity contribution is -0.122. The summed E-state index contributed by atoms with van der Waals surface area (Å²) in [5, 5.41) is 2.22. The molecule has 6 nitrogen and oxygen atoms in total. The van der Waals surface area contributed by atoms with Crippen molar-refractivity contribution in [2.24, 2.45) is 0 Å². The molecule has 1 heterocycles. The summed E-state index contributed by atoms with van der Waals surface area (Å²) in [4.78, 5) is 38.8. The van der Waals surface area contributed by atoms with Crippen molar-refractivity contribution in [3.8, 4) is 5.75 Å². The van der Waals surface area contributed by atoms with Gasteiger partial charge >= 0.3 is 6.03 Å². The molecule has 4 rings (SSSR count). The molecule has 1 aliphatic heterocycles. The molecular weight excluding hydrogens is 423 g/mol. The molecule has 0 aromatic heterocycles. The summed E-state index contributed by atoms with van der Waals surface area (Å²) in [6.45, 7) is 3.79. The van der Waals surface area contributed by atoms with Crippen LogP contribution in [0.3, 0.4) is 0 Å². The summed E-state index contributed by atoms with van der Waals surface area (Å²) in [7, 11) is 0. The number of nitrogens with one attached hydrogen (secondary N) is 1. The number of aryl methyl sites for hydroxylation is 2. The number of hydrogen-bond acceptors (Lipinski definition) is 4. The number of barbiturate groups is 1. The average Bonchev–Trinajstić information content (AvgIpc) is 2.76. The molecule has 0 radical (unpaired) electrons. The van der Waals surface area contributed by atoms with Gasteiger partial charge in [-0.1, -0.05) is 36.4 Å². The number of amides is 4. The summed E-state index contributed by atoms with van der Waals surface area (Å²) in [5.74, 6) is -1.30. The van der Waals surface area contributed by atoms with Crippen molar-refractivity contribution in [2.75, 3.05) is 4.90 Å². The SMILES string of the molecule is Cc1cc(C)cc(N2C(=O)NC(=O)/C(=C\c3ccc(OCc4ccccc4F)cc3)C2=O)c1. The van der Waals surface area contributed by atoms with Crippen molar-refractivity contribution in [1.82, 2.24) is 5.32 Å². The second-order valence-electron chi connectivity index (χ2n) is 7.75. The highest BCUT2D eigenvalue weighted by molar-refractivity contribution is 6.39. The average molecular weight is 444 g/mol. The molecule has 7 heteroatoms. The third-order valence-electron chi connectivity index (χ3n) is 5.11. The van der Waals surface area contributed by atoms with E-state index in [1.807, 2.05) is 19.9 Å². The highest BCUT2D eigenvalue weighted by Gasteiger charge is 2.36. The van der Waals surface area contributed by atoms with Gasteiger partial charge in [0.2, 0.25) is 0 Å². The van der Waals surface area contributed by atoms with E-state index in [1.165, 1.54) is 12.1 Å². The van der Waals surface area contributed by atoms with Gasteiger partial charge in [0, 0.05) is 5.56 Å². The van der Waals surface area contributed by atoms with E-state index in [0.29, 0.717) is 22.6 Å². The summed E-state index contributed by atoms with van der Waals surface area (Å²) in [6.07, 6.45) is 1.42. The van der Waals surface area contributed by atoms with Crippen molar-refractivity contribution < 1.29 is 23.5 Å². The summed E-state index contributed by atoms with van der Waals surface area (Å²) < 4.78 is 19.3. The molecule has 3 aromatic carbocycles. The van der Waals surface area contributed by atoms with Crippen LogP contribution in [0.4, 0.5) is 14.9 Å². The Labute approximate surface area is 190 Å². The zero-order valence-corrected chi connectivity index (χ0v) is 18.1. The van der Waals surface area contributed by atoms with Crippen LogP contribution in [0.1, 0.15) is 22.3 Å². The lowest BCUT2D eigenvalue weighted by Crippen LogP contribution is -2.54. The maximum absolute atomic E-state index is 13.7. The van der Waals surface area contributed by atoms with E-state index in [4.69, 9.17) is 4.74 Å². The Morgan fingerprint density at radius 3 is 2.27 bits per heavy atom. The topological polar surface area (TPSA) is 75.7 Å². The number of benzene rings is 3. The zero-order chi connectivity index (χ0) is 23.5. The van der Waals surface area contributed by atoms with Crippen molar-refractivity contribution in [3.05, 3.63) is 100 Å². The van der Waals surface area contributed by atoms with Crippen LogP contribution in [0.25, 0.3) is 6.08 Å². The fourth-order valence-electron chi connectivity index (χ4n) is 3.58. The standard InChI is InChI=1S/C26H21FN2O4/c1-16-11-17(2)13-20(12-16)29-25(31)22(24(30)28-26(29)32)14-18-7-9-21(10-8-18)33-15-19-5-3-4-6-23(19)27/h3-14H,15H2,1-2H3,(H,28,30,32)/b22-14+. The number of nitrogens with zero attached hydrogens (tertiary/aromatic N) is 1. The third-order valence-corrected chi connectivity index (χ3v) is 5.11. The van der Waals surface area contributed by atoms with E-state index in [0.717, 1.165) is 16.0 Å². The fourth-order valence-corrected chi connectivity index (χ4v) is 3.58. The maximum Gasteiger partial charge on any atom is 0.335 e. The molecule has 1 aliphatic rings. The molecule has 0 spiro atoms. The van der Waals surface area contributed by atoms with Gasteiger partial charge in [0.1, 0.15) is 23.7 Å². The van der Waals surface area contributed by atoms with Gasteiger partial charge in [0.15, 0.2) is 0 Å². The normalized spacial score (nSPS) is 15.1. The van der Waals surface area contributed by atoms with Crippen LogP contribution in [0.15, 0.2) is 72.3 Å². The Bertz CT molecular complexity index is 1260. The maximum atomic E-state index is 13.7. The first-order valence-electron chi connectivity index (χ1n) is 10.3. The van der Waals surface area contributed by atoms with Gasteiger partial charge in [-0.25, -0.2) is 14.1 Å². The molecule has 33 heavy (non-hydrogen) atoms. The number of urea groups is 1. The van der Waals surface area contributed by atoms with Crippen LogP contribution in [-0.4, -0.2) is 17.8 Å². The molecule has 0 aliphatic carbocycles. The van der Waals surface area contributed by atoms with E-state index in [2.05, 4.69) is 5.32 Å². The second kappa shape index (κ2) is 9.08. The fraction of sp³-hybridized carbons (Fsp3) is 0.115. The molecular formula is C26H21FN2O4. The molecule has 4 amide bonds. The van der Waals surface area contributed by atoms with Crippen molar-refractivity contribution in [2.45, 2.75) is 20.5 Å². The largest absolute Gasteiger partial charge is 0.489 e. The van der Waals surface area contributed by atoms with Crippen molar-refractivity contribution in [1.29, 1.82) is 0 Å². The monoisotopic (exact) mass is 444 g/mol. The molecule has 1 saturated heterocycles. The number of carbonyl (C=O) groups excluding carboxylic acids is 3. The van der Waals surface area contributed by atoms with Gasteiger partial charge in [0.25, 0.3) is 11.8 Å². The number of anilines is 1. The van der Waals surface area contributed by atoms with E-state index >= 15 is 0 Å². The quantitative estimate of drug-likeness (QED) is 0.458. The van der Waals surface area contributed by atoms with Crippen LogP contribution in [-0.2, 0) is 16.2 Å². The number of ether oxygens (including phenoxy) is 1. The molecule has 0 saturated carbocycles. The van der Waals surface area contributed by atoms with Gasteiger partial charge in [-0.15, -0.1) is 0 Å². The summed E-state index contributed by atoms with van der Waals surface area (Å²) >= 11 is 0. The number of imide groups is 2. The predicted molar refractivity (Wildman–Crippen MR) is 122 cm³/mol. The number of halogens is 1. The van der Waals surface area contributed by atoms with E-state index < -0.39 is 17.8 Å². The first kappa shape index (κ1) is 22.0. The molecule has 0 bridgehead atoms. The Hall–Kier alpha value is -4.26. The second-order valence-corrected chi connectivity index (χ2v) is 7.75. The number of carbonyl (C=O) groups is 3. The van der Waals surface area contributed by atoms with Gasteiger partial charge in [0.05, 0.1) is 5.69 Å². The van der Waals surface area contributed by atoms with Crippen LogP contribution in [0, 0.1) is 19.7 Å². The molecule has 0 atom stereocenters. The highest BCUT2D eigenvalue weighted by Crippen LogP contribution is 2.25. The molecule has 3 aromatic rings. The minimum Gasteiger partial charge on any atom is -0.489 e. The molecule has 1 N–H and O–H groups in total. The minimum atomic E-state index is -0.788. The zero-order valence-electron chi connectivity index (χ0n) is 18.1. The van der Waals surface area contributed by atoms with Crippen molar-refractivity contribution >= 4 is 29.6 Å². The smallest absolute Gasteiger partial charge is 0.335 e. The van der Waals surface area contributed by atoms with Gasteiger partial charge in [-0.3, -0.25) is 14.9 Å². The predicted octanol–water partition coefficient (Wildman–Crippen LogP) is 4.69. The Morgan fingerprint density at radius 1 is 0.939 bits per heavy atom. The molecule has 1 fully saturated rings. The van der Waals surface area contributed by atoms with Gasteiger partial charge in [-0.05, 0) is 66.9 Å². The van der Waals surface area contributed by atoms with E-state index in [-0.39, 0.29) is 18.0 Å². The van der Waals surface area contributed by atoms with Crippen LogP contribution in [0.5, 0.6) is 5.75 Å². The lowest BCUT2D eigenvalue weighted by Gasteiger charge is -2.27. The molecule has 166 valence electrons. The first-order chi connectivity index (χ1) is 15.8. The number of rotatable bonds is 5. The minimum absolute atomic E-state index is 0.0704. The highest BCUT2D eigenvalue weighted by atomic mass is 19.1. The third kappa shape index (κ3) is 4.82. The Kier molecular flexibility index (Phi) is 6.04. The number of hydrogen-bond donors (Lipinski definition) is 1. The van der Waals surface area contributed by atoms with Crippen LogP contribution in [0.2, 0.25) is 0 Å². The van der Waals surface area contributed by atoms with E-state index in [9.17, 15) is 18.8 Å². The van der Waals surface area contributed by atoms with Crippen molar-refractivity contribution in [3.63, 3.8) is 0 Å². The summed E-state index contributed by atoms with van der Waals surface area (Å²) in [6, 6.07) is 17.6. The molecule has 0 unspecified atom stereocenters. The van der Waals surface area contributed by atoms with Crippen LogP contribution >= 0.6 is 0 Å². The summed E-state index contributed by atoms with van der Waals surface area (Å²) in [5.41, 5.74) is 3.02. The van der Waals surface area contributed by atoms with Gasteiger partial charge in [-0.2, -0.15) is 0 Å².